The number of hydrogen-bond acceptors (Lipinski definition) is 19. The number of esters is 2. The minimum Gasteiger partial charge on any atom is -0.460 e. The zero-order valence-corrected chi connectivity index (χ0v) is 73.6. The lowest BCUT2D eigenvalue weighted by Gasteiger charge is -2.42. The van der Waals surface area contributed by atoms with Gasteiger partial charge in [0.15, 0.2) is 5.78 Å². The standard InChI is InChI=1S/C90H119ClFN15O18/c1-12-74(109)71-38-52(5)45-104(71)82(115)53(6)94-81(114)69-31-26-59(46-105(69)84(117)70-23-17-34-103(70)86(119)76(55(8)108)99-78(111)66(40-57-20-15-18-50(3)36-57)97-89(122)95-62-28-24-49(2)25-29-62)39-60-42-73-88(121)124-56(9)77(100-79(112)67(41-58-21-16-19-51(4)37-58)98-90(123)96-65-30-27-61(91)43-64(65)92)87(120)107-48-63(125-75(110)32-35-101(10)11)44-72(107)85(118)102-33-14-13-22-68(102)80(113)93-54(7)83(116)106(73)47-60/h15-16,18-21,24-25,27-30,36-37,43,52-56,59-60,63,66-73,76-77,108H,12-14,17,22-23,26,31-35,38-42,44-48H2,1-11H3,(H,93,113)(H,94,114)(H,99,111)(H,100,112)(H2,95,97,122)(H2,96,98,123)/t52-,53-,54-,55-,56-,59?,60+,63+,66-,67-,68-,69-,70-,71-,72-,73-,76-,77-/m0/s1. The van der Waals surface area contributed by atoms with Gasteiger partial charge in [-0.25, -0.2) is 18.8 Å². The van der Waals surface area contributed by atoms with Gasteiger partial charge in [0, 0.05) is 75.7 Å². The molecule has 0 aromatic heterocycles. The smallest absolute Gasteiger partial charge is 0.329 e. The van der Waals surface area contributed by atoms with Crippen LogP contribution in [0.2, 0.25) is 5.02 Å². The zero-order chi connectivity index (χ0) is 90.5. The van der Waals surface area contributed by atoms with Crippen LogP contribution in [0.1, 0.15) is 153 Å². The second kappa shape index (κ2) is 42.2. The van der Waals surface area contributed by atoms with Crippen molar-refractivity contribution in [1.82, 2.24) is 66.2 Å². The molecule has 14 amide bonds. The van der Waals surface area contributed by atoms with Gasteiger partial charge in [0.2, 0.25) is 59.1 Å². The van der Waals surface area contributed by atoms with Crippen molar-refractivity contribution in [3.8, 4) is 0 Å². The largest absolute Gasteiger partial charge is 0.460 e. The molecule has 4 aromatic rings. The molecule has 7 heterocycles. The maximum atomic E-state index is 16.0. The first kappa shape index (κ1) is 94.5. The number of hydrogen-bond donors (Lipinski definition) is 9. The SMILES string of the molecule is CCC(=O)[C@@H]1C[C@H](C)CN1C(=O)[C@H](C)NC(=O)[C@@H]1CCC(C[C@@H]2C[C@H]3C(=O)O[C@@H](C)[C@H](NC(=O)[C@H](Cc4cccc(C)c4)NC(=O)Nc4ccc(Cl)cc4F)C(=O)N4C[C@H](OC(=O)CCN(C)C)C[C@H]4C(=O)N4CCCC[C@H]4C(=O)N[C@@H](C)C(=O)N3C2)CN1C(=O)[C@@H]1CCCN1C(=O)[C@@H](NC(=O)[C@H](Cc1cccc(C)c1)NC(=O)Nc1ccc(C)cc1)[C@H](C)O. The number of Topliss-reactive ketones (excluding diaryl/α,β-unsaturated/α-hetero) is 1. The number of benzene rings is 4. The van der Waals surface area contributed by atoms with Crippen molar-refractivity contribution in [2.45, 2.75) is 249 Å². The fourth-order valence-electron chi connectivity index (χ4n) is 18.3. The van der Waals surface area contributed by atoms with Crippen LogP contribution in [0.3, 0.4) is 0 Å². The van der Waals surface area contributed by atoms with Crippen LogP contribution in [0.4, 0.5) is 25.4 Å². The number of anilines is 2. The lowest BCUT2D eigenvalue weighted by Crippen LogP contribution is -2.63. The molecule has 125 heavy (non-hydrogen) atoms. The van der Waals surface area contributed by atoms with Gasteiger partial charge < -0.3 is 91.4 Å². The number of carbonyl (C=O) groups excluding carboxylic acids is 15. The number of aliphatic hydroxyl groups is 1. The molecule has 7 aliphatic rings. The molecule has 676 valence electrons. The Balaban J connectivity index is 0.897. The number of fused-ring (bicyclic) bond motifs is 3. The number of piperidine rings is 2. The van der Waals surface area contributed by atoms with E-state index in [0.717, 1.165) is 27.7 Å². The van der Waals surface area contributed by atoms with Gasteiger partial charge in [-0.1, -0.05) is 103 Å². The number of urea groups is 2. The van der Waals surface area contributed by atoms with Gasteiger partial charge in [0.05, 0.1) is 30.8 Å². The zero-order valence-electron chi connectivity index (χ0n) is 72.9. The fourth-order valence-corrected chi connectivity index (χ4v) is 18.5. The summed E-state index contributed by atoms with van der Waals surface area (Å²) in [5.74, 6) is -11.7. The lowest BCUT2D eigenvalue weighted by atomic mass is 9.84. The van der Waals surface area contributed by atoms with E-state index in [-0.39, 0.29) is 132 Å². The molecule has 9 N–H and O–H groups in total. The molecule has 0 radical (unpaired) electrons. The fraction of sp³-hybridized carbons (Fsp3) is 0.567. The summed E-state index contributed by atoms with van der Waals surface area (Å²) < 4.78 is 27.6. The summed E-state index contributed by atoms with van der Waals surface area (Å²) in [4.78, 5) is 232. The Kier molecular flexibility index (Phi) is 31.9. The van der Waals surface area contributed by atoms with E-state index in [0.29, 0.717) is 42.6 Å². The molecule has 0 spiro atoms. The van der Waals surface area contributed by atoms with E-state index >= 15 is 42.7 Å². The number of rotatable bonds is 26. The Bertz CT molecular complexity index is 4690. The van der Waals surface area contributed by atoms with Gasteiger partial charge in [0.1, 0.15) is 84.5 Å². The third-order valence-corrected chi connectivity index (χ3v) is 25.0. The van der Waals surface area contributed by atoms with E-state index in [4.69, 9.17) is 21.1 Å². The van der Waals surface area contributed by atoms with E-state index in [2.05, 4.69) is 42.5 Å². The molecule has 7 saturated heterocycles. The number of amides is 14. The number of aryl methyl sites for hydroxylation is 3. The van der Waals surface area contributed by atoms with E-state index < -0.39 is 198 Å². The van der Waals surface area contributed by atoms with Crippen molar-refractivity contribution < 1.29 is 90.9 Å². The van der Waals surface area contributed by atoms with Crippen molar-refractivity contribution in [2.75, 3.05) is 70.5 Å². The summed E-state index contributed by atoms with van der Waals surface area (Å²) >= 11 is 6.04. The Morgan fingerprint density at radius 3 is 1.94 bits per heavy atom. The van der Waals surface area contributed by atoms with Gasteiger partial charge >= 0.3 is 24.0 Å². The summed E-state index contributed by atoms with van der Waals surface area (Å²) in [6, 6.07) is 6.51. The molecule has 11 rings (SSSR count). The van der Waals surface area contributed by atoms with E-state index in [1.54, 1.807) is 93.5 Å². The Hall–Kier alpha value is -11.1. The Morgan fingerprint density at radius 2 is 1.29 bits per heavy atom. The highest BCUT2D eigenvalue weighted by molar-refractivity contribution is 6.30. The first-order valence-electron chi connectivity index (χ1n) is 43.5. The predicted molar refractivity (Wildman–Crippen MR) is 459 cm³/mol. The summed E-state index contributed by atoms with van der Waals surface area (Å²) in [5.41, 5.74) is 3.93. The van der Waals surface area contributed by atoms with Gasteiger partial charge in [0.25, 0.3) is 0 Å². The van der Waals surface area contributed by atoms with Crippen LogP contribution in [0.5, 0.6) is 0 Å². The number of ether oxygens (including phenoxy) is 2. The van der Waals surface area contributed by atoms with Crippen molar-refractivity contribution >= 4 is 112 Å². The quantitative estimate of drug-likeness (QED) is 0.0367. The van der Waals surface area contributed by atoms with E-state index in [1.165, 1.54) is 64.3 Å². The minimum absolute atomic E-state index is 0.0195. The Labute approximate surface area is 732 Å². The molecule has 0 bridgehead atoms. The highest BCUT2D eigenvalue weighted by Gasteiger charge is 2.53. The number of nitrogens with one attached hydrogen (secondary N) is 8. The minimum atomic E-state index is -1.93. The van der Waals surface area contributed by atoms with E-state index in [9.17, 15) is 38.7 Å². The third-order valence-electron chi connectivity index (χ3n) is 24.8. The number of nitrogens with zero attached hydrogens (tertiary/aromatic N) is 7. The molecular weight excluding hydrogens is 1630 g/mol. The van der Waals surface area contributed by atoms with Gasteiger partial charge in [-0.05, 0) is 186 Å². The maximum absolute atomic E-state index is 16.0. The molecule has 33 nitrogen and oxygen atoms in total. The first-order chi connectivity index (χ1) is 59.4. The second-order valence-electron chi connectivity index (χ2n) is 35.1. The first-order valence-corrected chi connectivity index (χ1v) is 43.9. The van der Waals surface area contributed by atoms with Crippen molar-refractivity contribution in [3.05, 3.63) is 130 Å². The number of ketones is 1. The maximum Gasteiger partial charge on any atom is 0.329 e. The normalized spacial score (nSPS) is 25.5. The highest BCUT2D eigenvalue weighted by atomic mass is 35.5. The molecule has 35 heteroatoms. The average Bonchev–Trinajstić information content (AvgIpc) is 1.48. The van der Waals surface area contributed by atoms with Crippen LogP contribution in [0.25, 0.3) is 0 Å². The predicted octanol–water partition coefficient (Wildman–Crippen LogP) is 5.14. The number of halogens is 2. The topological polar surface area (TPSA) is 414 Å². The summed E-state index contributed by atoms with van der Waals surface area (Å²) in [6.07, 6.45) is -2.74. The molecule has 4 aromatic carbocycles. The van der Waals surface area contributed by atoms with Crippen molar-refractivity contribution in [1.29, 1.82) is 0 Å². The molecule has 0 saturated carbocycles. The van der Waals surface area contributed by atoms with Crippen LogP contribution >= 0.6 is 11.6 Å². The summed E-state index contributed by atoms with van der Waals surface area (Å²) in [6.45, 7) is 14.6. The van der Waals surface area contributed by atoms with Gasteiger partial charge in [-0.2, -0.15) is 0 Å². The summed E-state index contributed by atoms with van der Waals surface area (Å²) in [5, 5.41) is 33.1. The third kappa shape index (κ3) is 23.9. The number of carbonyl (C=O) groups is 15. The van der Waals surface area contributed by atoms with Crippen LogP contribution in [0.15, 0.2) is 91.0 Å². The van der Waals surface area contributed by atoms with Gasteiger partial charge in [-0.15, -0.1) is 0 Å². The number of likely N-dealkylation sites (tertiary alicyclic amines) is 3. The summed E-state index contributed by atoms with van der Waals surface area (Å²) in [7, 11) is 3.52. The van der Waals surface area contributed by atoms with Gasteiger partial charge in [-0.3, -0.25) is 57.5 Å². The number of cyclic esters (lactones) is 1. The monoisotopic (exact) mass is 1750 g/mol. The number of aliphatic hydroxyl groups excluding tert-OH is 1. The molecule has 0 aliphatic carbocycles. The molecule has 7 fully saturated rings. The molecule has 1 unspecified atom stereocenters. The van der Waals surface area contributed by atoms with E-state index in [1.807, 2.05) is 32.9 Å². The Morgan fingerprint density at radius 1 is 0.624 bits per heavy atom. The van der Waals surface area contributed by atoms with Crippen molar-refractivity contribution in [3.63, 3.8) is 0 Å². The lowest BCUT2D eigenvalue weighted by molar-refractivity contribution is -0.163. The van der Waals surface area contributed by atoms with Crippen LogP contribution < -0.4 is 42.5 Å². The second-order valence-corrected chi connectivity index (χ2v) is 35.5. The average molecular weight is 1750 g/mol. The molecular formula is C90H119ClFN15O18. The van der Waals surface area contributed by atoms with Crippen LogP contribution in [-0.2, 0) is 84.6 Å². The highest BCUT2D eigenvalue weighted by Crippen LogP contribution is 2.38. The van der Waals surface area contributed by atoms with Crippen LogP contribution in [-0.4, -0.2) is 279 Å². The van der Waals surface area contributed by atoms with Crippen molar-refractivity contribution in [2.24, 2.45) is 17.8 Å². The van der Waals surface area contributed by atoms with Crippen LogP contribution in [0, 0.1) is 44.3 Å². The molecule has 7 aliphatic heterocycles. The molecule has 18 atom stereocenters.